The minimum Gasteiger partial charge on any atom is -0.496 e. The van der Waals surface area contributed by atoms with Gasteiger partial charge in [-0.2, -0.15) is 5.26 Å². The van der Waals surface area contributed by atoms with Crippen LogP contribution < -0.4 is 4.74 Å². The first-order chi connectivity index (χ1) is 6.19. The summed E-state index contributed by atoms with van der Waals surface area (Å²) in [6, 6.07) is 7.45. The molecule has 1 rings (SSSR count). The number of nitrogens with zero attached hydrogens (tertiary/aromatic N) is 1. The zero-order chi connectivity index (χ0) is 9.84. The number of rotatable bonds is 2. The van der Waals surface area contributed by atoms with Gasteiger partial charge in [-0.05, 0) is 36.6 Å². The van der Waals surface area contributed by atoms with Crippen molar-refractivity contribution >= 4 is 0 Å². The van der Waals surface area contributed by atoms with Crippen molar-refractivity contribution in [3.8, 4) is 11.8 Å². The van der Waals surface area contributed by atoms with E-state index in [1.54, 1.807) is 19.2 Å². The van der Waals surface area contributed by atoms with Gasteiger partial charge in [0.1, 0.15) is 5.75 Å². The summed E-state index contributed by atoms with van der Waals surface area (Å²) in [6.07, 6.45) is 0. The molecule has 0 saturated heterocycles. The van der Waals surface area contributed by atoms with Gasteiger partial charge in [-0.25, -0.2) is 0 Å². The summed E-state index contributed by atoms with van der Waals surface area (Å²) < 4.78 is 5.16. The number of methoxy groups -OCH3 is 1. The highest BCUT2D eigenvalue weighted by Gasteiger charge is 2.07. The maximum absolute atomic E-state index is 8.70. The van der Waals surface area contributed by atoms with Crippen LogP contribution in [0.2, 0.25) is 0 Å². The van der Waals surface area contributed by atoms with Crippen LogP contribution in [0.5, 0.6) is 5.75 Å². The van der Waals surface area contributed by atoms with Crippen molar-refractivity contribution in [2.45, 2.75) is 12.8 Å². The SMILES string of the molecule is [CH2]C(C)c1cc(C#N)ccc1OC. The van der Waals surface area contributed by atoms with Crippen LogP contribution in [0, 0.1) is 18.3 Å². The van der Waals surface area contributed by atoms with E-state index in [0.29, 0.717) is 5.56 Å². The number of hydrogen-bond acceptors (Lipinski definition) is 2. The monoisotopic (exact) mass is 174 g/mol. The topological polar surface area (TPSA) is 33.0 Å². The molecule has 2 nitrogen and oxygen atoms in total. The van der Waals surface area contributed by atoms with Gasteiger partial charge in [-0.3, -0.25) is 0 Å². The fourth-order valence-corrected chi connectivity index (χ4v) is 1.19. The van der Waals surface area contributed by atoms with Crippen molar-refractivity contribution in [1.82, 2.24) is 0 Å². The first-order valence-electron chi connectivity index (χ1n) is 4.10. The van der Waals surface area contributed by atoms with Crippen LogP contribution in [-0.4, -0.2) is 7.11 Å². The van der Waals surface area contributed by atoms with Crippen molar-refractivity contribution < 1.29 is 4.74 Å². The summed E-state index contributed by atoms with van der Waals surface area (Å²) in [5.74, 6) is 0.921. The lowest BCUT2D eigenvalue weighted by Crippen LogP contribution is -1.94. The molecule has 1 unspecified atom stereocenters. The summed E-state index contributed by atoms with van der Waals surface area (Å²) >= 11 is 0. The van der Waals surface area contributed by atoms with Crippen molar-refractivity contribution in [3.63, 3.8) is 0 Å². The lowest BCUT2D eigenvalue weighted by atomic mass is 10.00. The second-order valence-electron chi connectivity index (χ2n) is 2.97. The van der Waals surface area contributed by atoms with E-state index in [0.717, 1.165) is 11.3 Å². The molecule has 2 heteroatoms. The molecular weight excluding hydrogens is 162 g/mol. The highest BCUT2D eigenvalue weighted by molar-refractivity contribution is 5.43. The van der Waals surface area contributed by atoms with Gasteiger partial charge in [0.05, 0.1) is 18.7 Å². The lowest BCUT2D eigenvalue weighted by molar-refractivity contribution is 0.408. The van der Waals surface area contributed by atoms with E-state index >= 15 is 0 Å². The zero-order valence-electron chi connectivity index (χ0n) is 7.87. The molecule has 0 N–H and O–H groups in total. The molecule has 0 aromatic heterocycles. The van der Waals surface area contributed by atoms with E-state index in [1.807, 2.05) is 13.0 Å². The van der Waals surface area contributed by atoms with E-state index in [9.17, 15) is 0 Å². The normalized spacial score (nSPS) is 9.77. The van der Waals surface area contributed by atoms with E-state index in [1.165, 1.54) is 0 Å². The van der Waals surface area contributed by atoms with Crippen LogP contribution in [0.3, 0.4) is 0 Å². The molecule has 0 aliphatic rings. The van der Waals surface area contributed by atoms with Gasteiger partial charge in [0.25, 0.3) is 0 Å². The summed E-state index contributed by atoms with van der Waals surface area (Å²) in [7, 11) is 1.62. The van der Waals surface area contributed by atoms with E-state index in [-0.39, 0.29) is 5.92 Å². The predicted octanol–water partition coefficient (Wildman–Crippen LogP) is 2.50. The molecule has 0 amide bonds. The molecule has 0 fully saturated rings. The molecule has 0 aliphatic carbocycles. The van der Waals surface area contributed by atoms with E-state index in [4.69, 9.17) is 10.00 Å². The molecule has 1 radical (unpaired) electrons. The Hall–Kier alpha value is -1.49. The molecule has 1 atom stereocenters. The quantitative estimate of drug-likeness (QED) is 0.690. The summed E-state index contributed by atoms with van der Waals surface area (Å²) in [4.78, 5) is 0. The van der Waals surface area contributed by atoms with Crippen LogP contribution >= 0.6 is 0 Å². The average molecular weight is 174 g/mol. The number of hydrogen-bond donors (Lipinski definition) is 0. The Bertz CT molecular complexity index is 336. The van der Waals surface area contributed by atoms with Gasteiger partial charge in [0.15, 0.2) is 0 Å². The molecule has 0 spiro atoms. The maximum Gasteiger partial charge on any atom is 0.122 e. The Morgan fingerprint density at radius 2 is 2.23 bits per heavy atom. The molecule has 0 aliphatic heterocycles. The Morgan fingerprint density at radius 3 is 2.69 bits per heavy atom. The third-order valence-corrected chi connectivity index (χ3v) is 1.89. The highest BCUT2D eigenvalue weighted by atomic mass is 16.5. The van der Waals surface area contributed by atoms with Gasteiger partial charge in [0.2, 0.25) is 0 Å². The van der Waals surface area contributed by atoms with E-state index in [2.05, 4.69) is 13.0 Å². The minimum absolute atomic E-state index is 0.128. The first-order valence-corrected chi connectivity index (χ1v) is 4.10. The fraction of sp³-hybridized carbons (Fsp3) is 0.273. The third kappa shape index (κ3) is 2.00. The summed E-state index contributed by atoms with van der Waals surface area (Å²) in [6.45, 7) is 5.87. The van der Waals surface area contributed by atoms with E-state index < -0.39 is 0 Å². The Kier molecular flexibility index (Phi) is 2.92. The van der Waals surface area contributed by atoms with Gasteiger partial charge in [-0.15, -0.1) is 0 Å². The molecule has 13 heavy (non-hydrogen) atoms. The van der Waals surface area contributed by atoms with Gasteiger partial charge < -0.3 is 4.74 Å². The third-order valence-electron chi connectivity index (χ3n) is 1.89. The average Bonchev–Trinajstić information content (AvgIpc) is 2.16. The van der Waals surface area contributed by atoms with Crippen LogP contribution in [0.25, 0.3) is 0 Å². The van der Waals surface area contributed by atoms with Crippen LogP contribution in [0.4, 0.5) is 0 Å². The lowest BCUT2D eigenvalue weighted by Gasteiger charge is -2.11. The Morgan fingerprint density at radius 1 is 1.54 bits per heavy atom. The predicted molar refractivity (Wildman–Crippen MR) is 51.5 cm³/mol. The minimum atomic E-state index is 0.128. The van der Waals surface area contributed by atoms with Crippen LogP contribution in [-0.2, 0) is 0 Å². The van der Waals surface area contributed by atoms with Crippen molar-refractivity contribution in [1.29, 1.82) is 5.26 Å². The number of ether oxygens (including phenoxy) is 1. The molecule has 0 heterocycles. The zero-order valence-corrected chi connectivity index (χ0v) is 7.87. The maximum atomic E-state index is 8.70. The van der Waals surface area contributed by atoms with Gasteiger partial charge in [0, 0.05) is 0 Å². The molecule has 0 saturated carbocycles. The van der Waals surface area contributed by atoms with Crippen molar-refractivity contribution in [3.05, 3.63) is 36.2 Å². The second kappa shape index (κ2) is 3.95. The first kappa shape index (κ1) is 9.60. The fourth-order valence-electron chi connectivity index (χ4n) is 1.19. The van der Waals surface area contributed by atoms with Gasteiger partial charge >= 0.3 is 0 Å². The summed E-state index contributed by atoms with van der Waals surface area (Å²) in [5, 5.41) is 8.70. The Balaban J connectivity index is 3.20. The number of nitriles is 1. The molecule has 1 aromatic carbocycles. The summed E-state index contributed by atoms with van der Waals surface area (Å²) in [5.41, 5.74) is 1.62. The number of benzene rings is 1. The van der Waals surface area contributed by atoms with Crippen molar-refractivity contribution in [2.75, 3.05) is 7.11 Å². The Labute approximate surface area is 78.8 Å². The van der Waals surface area contributed by atoms with Gasteiger partial charge in [-0.1, -0.05) is 6.92 Å². The van der Waals surface area contributed by atoms with Crippen LogP contribution in [0.15, 0.2) is 18.2 Å². The molecule has 67 valence electrons. The second-order valence-corrected chi connectivity index (χ2v) is 2.97. The standard InChI is InChI=1S/C11H12NO/c1-8(2)10-6-9(7-12)4-5-11(10)13-3/h4-6,8H,1H2,2-3H3. The molecular formula is C11H12NO. The molecule has 0 bridgehead atoms. The largest absolute Gasteiger partial charge is 0.496 e. The highest BCUT2D eigenvalue weighted by Crippen LogP contribution is 2.26. The smallest absolute Gasteiger partial charge is 0.122 e. The van der Waals surface area contributed by atoms with Crippen molar-refractivity contribution in [2.24, 2.45) is 0 Å². The molecule has 1 aromatic rings. The van der Waals surface area contributed by atoms with Crippen LogP contribution in [0.1, 0.15) is 24.0 Å².